The fraction of sp³-hybridized carbons (Fsp3) is 0.429. The van der Waals surface area contributed by atoms with Crippen molar-refractivity contribution in [2.24, 2.45) is 7.05 Å². The van der Waals surface area contributed by atoms with E-state index in [0.29, 0.717) is 5.02 Å². The van der Waals surface area contributed by atoms with E-state index in [1.54, 1.807) is 6.20 Å². The van der Waals surface area contributed by atoms with E-state index in [-0.39, 0.29) is 6.04 Å². The molecule has 4 nitrogen and oxygen atoms in total. The van der Waals surface area contributed by atoms with Crippen molar-refractivity contribution < 1.29 is 0 Å². The van der Waals surface area contributed by atoms with Gasteiger partial charge in [-0.25, -0.2) is 0 Å². The predicted octanol–water partition coefficient (Wildman–Crippen LogP) is 2.73. The van der Waals surface area contributed by atoms with E-state index in [2.05, 4.69) is 35.3 Å². The number of nitrogens with one attached hydrogen (secondary N) is 1. The normalized spacial score (nSPS) is 12.6. The summed E-state index contributed by atoms with van der Waals surface area (Å²) in [6, 6.07) is 4.05. The molecule has 2 aromatic heterocycles. The van der Waals surface area contributed by atoms with Crippen molar-refractivity contribution in [3.05, 3.63) is 46.5 Å². The molecule has 0 saturated heterocycles. The second kappa shape index (κ2) is 6.17. The van der Waals surface area contributed by atoms with Crippen molar-refractivity contribution in [2.75, 3.05) is 6.54 Å². The van der Waals surface area contributed by atoms with Gasteiger partial charge in [-0.05, 0) is 24.6 Å². The van der Waals surface area contributed by atoms with Gasteiger partial charge in [-0.2, -0.15) is 5.10 Å². The molecule has 0 radical (unpaired) electrons. The highest BCUT2D eigenvalue weighted by Gasteiger charge is 2.23. The molecule has 0 amide bonds. The molecule has 0 fully saturated rings. The van der Waals surface area contributed by atoms with Gasteiger partial charge in [0, 0.05) is 13.2 Å². The smallest absolute Gasteiger partial charge is 0.0939 e. The lowest BCUT2D eigenvalue weighted by Crippen LogP contribution is -2.26. The Labute approximate surface area is 118 Å². The molecular formula is C14H19ClN4. The lowest BCUT2D eigenvalue weighted by Gasteiger charge is -2.20. The van der Waals surface area contributed by atoms with Gasteiger partial charge in [0.1, 0.15) is 0 Å². The van der Waals surface area contributed by atoms with E-state index in [1.807, 2.05) is 24.0 Å². The third-order valence-corrected chi connectivity index (χ3v) is 3.49. The molecule has 2 aromatic rings. The van der Waals surface area contributed by atoms with E-state index in [9.17, 15) is 0 Å². The lowest BCUT2D eigenvalue weighted by molar-refractivity contribution is 0.558. The van der Waals surface area contributed by atoms with Gasteiger partial charge >= 0.3 is 0 Å². The summed E-state index contributed by atoms with van der Waals surface area (Å²) >= 11 is 6.27. The number of pyridine rings is 1. The molecular weight excluding hydrogens is 260 g/mol. The Morgan fingerprint density at radius 1 is 1.42 bits per heavy atom. The summed E-state index contributed by atoms with van der Waals surface area (Å²) in [5, 5.41) is 8.33. The first-order chi connectivity index (χ1) is 9.19. The maximum Gasteiger partial charge on any atom is 0.0939 e. The minimum atomic E-state index is -0.0267. The van der Waals surface area contributed by atoms with Crippen LogP contribution >= 0.6 is 11.6 Å². The quantitative estimate of drug-likeness (QED) is 0.914. The Hall–Kier alpha value is -1.39. The predicted molar refractivity (Wildman–Crippen MR) is 77.4 cm³/mol. The second-order valence-corrected chi connectivity index (χ2v) is 4.80. The number of nitrogens with zero attached hydrogens (tertiary/aromatic N) is 3. The molecule has 2 heterocycles. The van der Waals surface area contributed by atoms with Crippen LogP contribution in [0.3, 0.4) is 0 Å². The van der Waals surface area contributed by atoms with E-state index in [4.69, 9.17) is 11.6 Å². The minimum absolute atomic E-state index is 0.0267. The van der Waals surface area contributed by atoms with E-state index >= 15 is 0 Å². The maximum absolute atomic E-state index is 6.27. The van der Waals surface area contributed by atoms with Crippen molar-refractivity contribution in [3.8, 4) is 0 Å². The first-order valence-electron chi connectivity index (χ1n) is 6.53. The summed E-state index contributed by atoms with van der Waals surface area (Å²) < 4.78 is 1.81. The fourth-order valence-corrected chi connectivity index (χ4v) is 2.56. The maximum atomic E-state index is 6.27. The summed E-state index contributed by atoms with van der Waals surface area (Å²) in [4.78, 5) is 4.54. The molecule has 5 heteroatoms. The Balaban J connectivity index is 2.51. The molecule has 1 unspecified atom stereocenters. The molecule has 0 aliphatic carbocycles. The van der Waals surface area contributed by atoms with Crippen LogP contribution in [0.1, 0.15) is 36.8 Å². The first-order valence-corrected chi connectivity index (χ1v) is 6.91. The van der Waals surface area contributed by atoms with Gasteiger partial charge in [-0.15, -0.1) is 0 Å². The minimum Gasteiger partial charge on any atom is -0.304 e. The summed E-state index contributed by atoms with van der Waals surface area (Å²) in [5.41, 5.74) is 3.21. The van der Waals surface area contributed by atoms with E-state index in [1.165, 1.54) is 5.56 Å². The SMILES string of the molecule is CCNC(c1ncccc1CC)c1c(Cl)cnn1C. The molecule has 102 valence electrons. The molecule has 0 bridgehead atoms. The largest absolute Gasteiger partial charge is 0.304 e. The molecule has 0 aromatic carbocycles. The highest BCUT2D eigenvalue weighted by molar-refractivity contribution is 6.31. The van der Waals surface area contributed by atoms with Crippen LogP contribution in [0.15, 0.2) is 24.5 Å². The standard InChI is InChI=1S/C14H19ClN4/c1-4-10-7-6-8-17-12(10)13(16-5-2)14-11(15)9-18-19(14)3/h6-9,13,16H,4-5H2,1-3H3. The van der Waals surface area contributed by atoms with Crippen LogP contribution in [0.4, 0.5) is 0 Å². The van der Waals surface area contributed by atoms with Crippen LogP contribution in [0.25, 0.3) is 0 Å². The van der Waals surface area contributed by atoms with Crippen LogP contribution in [-0.2, 0) is 13.5 Å². The van der Waals surface area contributed by atoms with Gasteiger partial charge in [-0.1, -0.05) is 31.5 Å². The van der Waals surface area contributed by atoms with Crippen molar-refractivity contribution in [3.63, 3.8) is 0 Å². The zero-order valence-electron chi connectivity index (χ0n) is 11.5. The summed E-state index contributed by atoms with van der Waals surface area (Å²) in [7, 11) is 1.90. The van der Waals surface area contributed by atoms with Gasteiger partial charge in [0.25, 0.3) is 0 Å². The number of rotatable bonds is 5. The summed E-state index contributed by atoms with van der Waals surface area (Å²) in [6.45, 7) is 5.05. The van der Waals surface area contributed by atoms with Gasteiger partial charge in [0.15, 0.2) is 0 Å². The molecule has 1 N–H and O–H groups in total. The van der Waals surface area contributed by atoms with Crippen molar-refractivity contribution in [1.29, 1.82) is 0 Å². The Kier molecular flexibility index (Phi) is 4.56. The number of aromatic nitrogens is 3. The molecule has 0 saturated carbocycles. The Morgan fingerprint density at radius 3 is 2.79 bits per heavy atom. The van der Waals surface area contributed by atoms with Crippen LogP contribution in [0, 0.1) is 0 Å². The molecule has 0 aliphatic rings. The highest BCUT2D eigenvalue weighted by Crippen LogP contribution is 2.28. The average Bonchev–Trinajstić information content (AvgIpc) is 2.76. The molecule has 19 heavy (non-hydrogen) atoms. The zero-order chi connectivity index (χ0) is 13.8. The van der Waals surface area contributed by atoms with Crippen LogP contribution in [0.5, 0.6) is 0 Å². The fourth-order valence-electron chi connectivity index (χ4n) is 2.28. The zero-order valence-corrected chi connectivity index (χ0v) is 12.3. The van der Waals surface area contributed by atoms with Crippen molar-refractivity contribution in [1.82, 2.24) is 20.1 Å². The van der Waals surface area contributed by atoms with Gasteiger partial charge in [0.05, 0.1) is 28.6 Å². The van der Waals surface area contributed by atoms with Crippen molar-refractivity contribution in [2.45, 2.75) is 26.3 Å². The topological polar surface area (TPSA) is 42.7 Å². The number of hydrogen-bond donors (Lipinski definition) is 1. The second-order valence-electron chi connectivity index (χ2n) is 4.39. The Morgan fingerprint density at radius 2 is 2.21 bits per heavy atom. The number of halogens is 1. The third kappa shape index (κ3) is 2.80. The lowest BCUT2D eigenvalue weighted by atomic mass is 10.0. The van der Waals surface area contributed by atoms with Gasteiger partial charge < -0.3 is 5.32 Å². The summed E-state index contributed by atoms with van der Waals surface area (Å²) in [6.07, 6.45) is 4.44. The first kappa shape index (κ1) is 14.0. The Bertz CT molecular complexity index is 531. The van der Waals surface area contributed by atoms with Crippen molar-refractivity contribution >= 4 is 11.6 Å². The van der Waals surface area contributed by atoms with E-state index < -0.39 is 0 Å². The third-order valence-electron chi connectivity index (χ3n) is 3.20. The highest BCUT2D eigenvalue weighted by atomic mass is 35.5. The average molecular weight is 279 g/mol. The van der Waals surface area contributed by atoms with Gasteiger partial charge in [-0.3, -0.25) is 9.67 Å². The number of hydrogen-bond acceptors (Lipinski definition) is 3. The van der Waals surface area contributed by atoms with Crippen LogP contribution < -0.4 is 5.32 Å². The van der Waals surface area contributed by atoms with Gasteiger partial charge in [0.2, 0.25) is 0 Å². The van der Waals surface area contributed by atoms with Crippen LogP contribution in [-0.4, -0.2) is 21.3 Å². The molecule has 0 spiro atoms. The summed E-state index contributed by atoms with van der Waals surface area (Å²) in [5.74, 6) is 0. The molecule has 0 aliphatic heterocycles. The van der Waals surface area contributed by atoms with Crippen LogP contribution in [0.2, 0.25) is 5.02 Å². The number of aryl methyl sites for hydroxylation is 2. The monoisotopic (exact) mass is 278 g/mol. The van der Waals surface area contributed by atoms with E-state index in [0.717, 1.165) is 24.4 Å². The molecule has 2 rings (SSSR count). The molecule has 1 atom stereocenters.